The normalized spacial score (nSPS) is 15.4. The van der Waals surface area contributed by atoms with Crippen LogP contribution in [-0.2, 0) is 20.9 Å². The van der Waals surface area contributed by atoms with Gasteiger partial charge in [0.2, 0.25) is 0 Å². The second kappa shape index (κ2) is 8.20. The number of amides is 2. The summed E-state index contributed by atoms with van der Waals surface area (Å²) in [6.45, 7) is 2.38. The largest absolute Gasteiger partial charge is 0.468 e. The van der Waals surface area contributed by atoms with E-state index in [2.05, 4.69) is 34.4 Å². The molecule has 0 saturated carbocycles. The Labute approximate surface area is 178 Å². The summed E-state index contributed by atoms with van der Waals surface area (Å²) in [6.07, 6.45) is 3.71. The fraction of sp³-hybridized carbons (Fsp3) is 0.174. The van der Waals surface area contributed by atoms with Crippen LogP contribution in [0.5, 0.6) is 0 Å². The molecule has 4 rings (SSSR count). The van der Waals surface area contributed by atoms with E-state index in [-0.39, 0.29) is 6.54 Å². The average molecular weight is 420 g/mol. The van der Waals surface area contributed by atoms with E-state index >= 15 is 0 Å². The molecule has 2 amide bonds. The zero-order chi connectivity index (χ0) is 21.3. The van der Waals surface area contributed by atoms with E-state index in [1.54, 1.807) is 6.08 Å². The van der Waals surface area contributed by atoms with E-state index in [0.29, 0.717) is 11.4 Å². The topological polar surface area (TPSA) is 68.6 Å². The van der Waals surface area contributed by atoms with E-state index in [9.17, 15) is 14.4 Å². The van der Waals surface area contributed by atoms with Crippen molar-refractivity contribution >= 4 is 45.9 Å². The predicted octanol–water partition coefficient (Wildman–Crippen LogP) is 4.21. The first-order valence-corrected chi connectivity index (χ1v) is 10.2. The standard InChI is InChI=1S/C23H20N2O4S/c1-15-6-5-7-16(10-15)12-24-13-17(18-8-3-4-9-19(18)24)11-20-22(27)25(23(28)30-20)14-21(26)29-2/h3-11,13H,12,14H2,1-2H3. The van der Waals surface area contributed by atoms with E-state index in [1.165, 1.54) is 18.2 Å². The van der Waals surface area contributed by atoms with Crippen molar-refractivity contribution in [2.45, 2.75) is 13.5 Å². The molecule has 7 heteroatoms. The summed E-state index contributed by atoms with van der Waals surface area (Å²) in [4.78, 5) is 37.5. The molecule has 6 nitrogen and oxygen atoms in total. The number of hydrogen-bond acceptors (Lipinski definition) is 5. The van der Waals surface area contributed by atoms with Gasteiger partial charge in [0.25, 0.3) is 11.1 Å². The van der Waals surface area contributed by atoms with Gasteiger partial charge in [0, 0.05) is 29.2 Å². The highest BCUT2D eigenvalue weighted by Gasteiger charge is 2.36. The van der Waals surface area contributed by atoms with Crippen molar-refractivity contribution in [1.29, 1.82) is 0 Å². The van der Waals surface area contributed by atoms with Crippen LogP contribution < -0.4 is 0 Å². The molecule has 2 aromatic carbocycles. The molecular formula is C23H20N2O4S. The molecule has 0 N–H and O–H groups in total. The average Bonchev–Trinajstić information content (AvgIpc) is 3.20. The van der Waals surface area contributed by atoms with Crippen LogP contribution in [0.4, 0.5) is 4.79 Å². The van der Waals surface area contributed by atoms with E-state index in [4.69, 9.17) is 0 Å². The van der Waals surface area contributed by atoms with Gasteiger partial charge in [-0.1, -0.05) is 48.0 Å². The molecule has 0 bridgehead atoms. The van der Waals surface area contributed by atoms with Gasteiger partial charge in [-0.15, -0.1) is 0 Å². The molecule has 1 saturated heterocycles. The fourth-order valence-corrected chi connectivity index (χ4v) is 4.33. The monoisotopic (exact) mass is 420 g/mol. The van der Waals surface area contributed by atoms with Crippen molar-refractivity contribution in [2.75, 3.05) is 13.7 Å². The van der Waals surface area contributed by atoms with Crippen LogP contribution in [0, 0.1) is 6.92 Å². The fourth-order valence-electron chi connectivity index (χ4n) is 3.50. The van der Waals surface area contributed by atoms with Gasteiger partial charge < -0.3 is 9.30 Å². The van der Waals surface area contributed by atoms with Crippen molar-refractivity contribution in [3.8, 4) is 0 Å². The molecule has 1 aliphatic heterocycles. The number of rotatable bonds is 5. The lowest BCUT2D eigenvalue weighted by atomic mass is 10.1. The van der Waals surface area contributed by atoms with E-state index in [0.717, 1.165) is 33.1 Å². The highest BCUT2D eigenvalue weighted by Crippen LogP contribution is 2.34. The van der Waals surface area contributed by atoms with Gasteiger partial charge in [-0.3, -0.25) is 19.3 Å². The molecule has 1 aromatic heterocycles. The second-order valence-corrected chi connectivity index (χ2v) is 8.06. The highest BCUT2D eigenvalue weighted by molar-refractivity contribution is 8.18. The van der Waals surface area contributed by atoms with Crippen molar-refractivity contribution in [3.63, 3.8) is 0 Å². The van der Waals surface area contributed by atoms with Crippen LogP contribution in [0.15, 0.2) is 59.6 Å². The van der Waals surface area contributed by atoms with Gasteiger partial charge in [0.05, 0.1) is 12.0 Å². The number of benzene rings is 2. The van der Waals surface area contributed by atoms with Crippen LogP contribution in [0.25, 0.3) is 17.0 Å². The third-order valence-electron chi connectivity index (χ3n) is 4.93. The number of carbonyl (C=O) groups excluding carboxylic acids is 3. The number of fused-ring (bicyclic) bond motifs is 1. The maximum absolute atomic E-state index is 12.6. The highest BCUT2D eigenvalue weighted by atomic mass is 32.2. The number of ether oxygens (including phenoxy) is 1. The number of methoxy groups -OCH3 is 1. The Morgan fingerprint density at radius 3 is 2.70 bits per heavy atom. The van der Waals surface area contributed by atoms with Gasteiger partial charge in [0.15, 0.2) is 0 Å². The third-order valence-corrected chi connectivity index (χ3v) is 5.84. The van der Waals surface area contributed by atoms with Crippen LogP contribution in [0.3, 0.4) is 0 Å². The number of aromatic nitrogens is 1. The number of para-hydroxylation sites is 1. The minimum absolute atomic E-state index is 0.294. The van der Waals surface area contributed by atoms with Crippen LogP contribution >= 0.6 is 11.8 Å². The molecule has 3 aromatic rings. The van der Waals surface area contributed by atoms with Crippen LogP contribution in [0.1, 0.15) is 16.7 Å². The Morgan fingerprint density at radius 2 is 1.93 bits per heavy atom. The number of nitrogens with zero attached hydrogens (tertiary/aromatic N) is 2. The SMILES string of the molecule is COC(=O)CN1C(=O)SC(=Cc2cn(Cc3cccc(C)c3)c3ccccc23)C1=O. The van der Waals surface area contributed by atoms with Crippen molar-refractivity contribution in [1.82, 2.24) is 9.47 Å². The number of imide groups is 1. The molecule has 1 fully saturated rings. The second-order valence-electron chi connectivity index (χ2n) is 7.06. The van der Waals surface area contributed by atoms with Gasteiger partial charge >= 0.3 is 5.97 Å². The van der Waals surface area contributed by atoms with Gasteiger partial charge in [-0.25, -0.2) is 0 Å². The zero-order valence-corrected chi connectivity index (χ0v) is 17.4. The summed E-state index contributed by atoms with van der Waals surface area (Å²) >= 11 is 0.834. The first-order valence-electron chi connectivity index (χ1n) is 9.42. The van der Waals surface area contributed by atoms with Gasteiger partial charge in [-0.2, -0.15) is 0 Å². The lowest BCUT2D eigenvalue weighted by Crippen LogP contribution is -2.34. The zero-order valence-electron chi connectivity index (χ0n) is 16.6. The molecule has 2 heterocycles. The summed E-state index contributed by atoms with van der Waals surface area (Å²) in [6, 6.07) is 16.3. The molecule has 0 spiro atoms. The molecule has 0 radical (unpaired) electrons. The summed E-state index contributed by atoms with van der Waals surface area (Å²) in [5.41, 5.74) is 4.27. The number of esters is 1. The maximum Gasteiger partial charge on any atom is 0.325 e. The minimum Gasteiger partial charge on any atom is -0.468 e. The number of aryl methyl sites for hydroxylation is 1. The lowest BCUT2D eigenvalue weighted by Gasteiger charge is -2.09. The molecule has 1 aliphatic rings. The number of hydrogen-bond donors (Lipinski definition) is 0. The lowest BCUT2D eigenvalue weighted by molar-refractivity contribution is -0.143. The van der Waals surface area contributed by atoms with Crippen LogP contribution in [0.2, 0.25) is 0 Å². The Balaban J connectivity index is 1.69. The molecule has 30 heavy (non-hydrogen) atoms. The van der Waals surface area contributed by atoms with Crippen molar-refractivity contribution < 1.29 is 19.1 Å². The summed E-state index contributed by atoms with van der Waals surface area (Å²) in [5.74, 6) is -1.11. The maximum atomic E-state index is 12.6. The van der Waals surface area contributed by atoms with Gasteiger partial charge in [0.1, 0.15) is 6.54 Å². The Kier molecular flexibility index (Phi) is 5.46. The van der Waals surface area contributed by atoms with E-state index in [1.807, 2.05) is 36.5 Å². The summed E-state index contributed by atoms with van der Waals surface area (Å²) in [5, 5.41) is 0.519. The van der Waals surface area contributed by atoms with Crippen molar-refractivity contribution in [3.05, 3.63) is 76.3 Å². The molecule has 0 atom stereocenters. The predicted molar refractivity (Wildman–Crippen MR) is 117 cm³/mol. The Bertz CT molecular complexity index is 1190. The van der Waals surface area contributed by atoms with Crippen molar-refractivity contribution in [2.24, 2.45) is 0 Å². The third kappa shape index (κ3) is 3.89. The van der Waals surface area contributed by atoms with Crippen LogP contribution in [-0.4, -0.2) is 40.2 Å². The smallest absolute Gasteiger partial charge is 0.325 e. The molecule has 0 unspecified atom stereocenters. The Hall–Kier alpha value is -3.32. The first kappa shape index (κ1) is 20.0. The summed E-state index contributed by atoms with van der Waals surface area (Å²) < 4.78 is 6.70. The van der Waals surface area contributed by atoms with E-state index < -0.39 is 17.1 Å². The summed E-state index contributed by atoms with van der Waals surface area (Å²) in [7, 11) is 1.22. The first-order chi connectivity index (χ1) is 14.5. The molecule has 152 valence electrons. The molecular weight excluding hydrogens is 400 g/mol. The minimum atomic E-state index is -0.631. The number of thioether (sulfide) groups is 1. The number of carbonyl (C=O) groups is 3. The Morgan fingerprint density at radius 1 is 1.13 bits per heavy atom. The molecule has 0 aliphatic carbocycles. The van der Waals surface area contributed by atoms with Gasteiger partial charge in [-0.05, 0) is 36.4 Å². The quantitative estimate of drug-likeness (QED) is 0.457.